The van der Waals surface area contributed by atoms with Crippen LogP contribution in [0.1, 0.15) is 18.4 Å². The highest BCUT2D eigenvalue weighted by Crippen LogP contribution is 2.35. The Kier molecular flexibility index (Phi) is 2.45. The summed E-state index contributed by atoms with van der Waals surface area (Å²) >= 11 is 0. The Hall–Kier alpha value is -1.32. The van der Waals surface area contributed by atoms with Gasteiger partial charge in [-0.05, 0) is 44.1 Å². The first kappa shape index (κ1) is 10.8. The molecule has 1 atom stereocenters. The van der Waals surface area contributed by atoms with Gasteiger partial charge in [0, 0.05) is 23.6 Å². The van der Waals surface area contributed by atoms with E-state index >= 15 is 0 Å². The van der Waals surface area contributed by atoms with Gasteiger partial charge in [-0.2, -0.15) is 0 Å². The van der Waals surface area contributed by atoms with E-state index in [2.05, 4.69) is 35.1 Å². The van der Waals surface area contributed by atoms with E-state index in [0.29, 0.717) is 0 Å². The van der Waals surface area contributed by atoms with Gasteiger partial charge in [0.15, 0.2) is 0 Å². The first-order valence-corrected chi connectivity index (χ1v) is 6.17. The zero-order valence-electron chi connectivity index (χ0n) is 10.1. The van der Waals surface area contributed by atoms with Crippen LogP contribution >= 0.6 is 0 Å². The van der Waals surface area contributed by atoms with Gasteiger partial charge in [-0.3, -0.25) is 0 Å². The van der Waals surface area contributed by atoms with Crippen molar-refractivity contribution in [1.82, 2.24) is 9.88 Å². The number of likely N-dealkylation sites (N-methyl/N-ethyl adjacent to an activating group) is 1. The maximum Gasteiger partial charge on any atom is 0.103 e. The van der Waals surface area contributed by atoms with Crippen molar-refractivity contribution in [2.75, 3.05) is 20.1 Å². The van der Waals surface area contributed by atoms with Gasteiger partial charge in [0.2, 0.25) is 0 Å². The molecule has 1 aromatic carbocycles. The summed E-state index contributed by atoms with van der Waals surface area (Å²) in [5.74, 6) is 0. The average molecular weight is 230 g/mol. The van der Waals surface area contributed by atoms with E-state index in [-0.39, 0.29) is 0 Å². The third-order valence-corrected chi connectivity index (χ3v) is 3.76. The van der Waals surface area contributed by atoms with Gasteiger partial charge >= 0.3 is 0 Å². The van der Waals surface area contributed by atoms with Gasteiger partial charge in [-0.1, -0.05) is 12.1 Å². The van der Waals surface area contributed by atoms with Crippen LogP contribution in [0.25, 0.3) is 10.9 Å². The Labute approximate surface area is 101 Å². The lowest BCUT2D eigenvalue weighted by molar-refractivity contribution is -0.0265. The molecule has 1 unspecified atom stereocenters. The van der Waals surface area contributed by atoms with Gasteiger partial charge in [0.05, 0.1) is 0 Å². The summed E-state index contributed by atoms with van der Waals surface area (Å²) < 4.78 is 0. The van der Waals surface area contributed by atoms with E-state index in [0.717, 1.165) is 42.4 Å². The van der Waals surface area contributed by atoms with E-state index in [1.807, 2.05) is 12.3 Å². The van der Waals surface area contributed by atoms with Gasteiger partial charge in [0.1, 0.15) is 5.60 Å². The van der Waals surface area contributed by atoms with E-state index < -0.39 is 5.60 Å². The van der Waals surface area contributed by atoms with Crippen molar-refractivity contribution in [2.24, 2.45) is 0 Å². The van der Waals surface area contributed by atoms with Crippen molar-refractivity contribution >= 4 is 10.9 Å². The SMILES string of the molecule is CN1CCCC(O)(c2cccc3[nH]ccc23)C1. The van der Waals surface area contributed by atoms with Crippen molar-refractivity contribution in [3.8, 4) is 0 Å². The minimum absolute atomic E-state index is 0.700. The molecule has 1 aliphatic heterocycles. The number of hydrogen-bond acceptors (Lipinski definition) is 2. The number of rotatable bonds is 1. The summed E-state index contributed by atoms with van der Waals surface area (Å²) in [6.07, 6.45) is 3.83. The van der Waals surface area contributed by atoms with Gasteiger partial charge in [-0.15, -0.1) is 0 Å². The maximum atomic E-state index is 10.9. The van der Waals surface area contributed by atoms with Crippen LogP contribution in [-0.4, -0.2) is 35.1 Å². The fourth-order valence-corrected chi connectivity index (χ4v) is 2.96. The standard InChI is InChI=1S/C14H18N2O/c1-16-9-3-7-14(17,10-16)12-4-2-5-13-11(12)6-8-15-13/h2,4-6,8,15,17H,3,7,9-10H2,1H3. The average Bonchev–Trinajstić information content (AvgIpc) is 2.76. The van der Waals surface area contributed by atoms with Crippen molar-refractivity contribution in [1.29, 1.82) is 0 Å². The number of β-amino-alcohol motifs (C(OH)–C–C–N with tert-alkyl or cyclic N) is 1. The molecular formula is C14H18N2O. The lowest BCUT2D eigenvalue weighted by Gasteiger charge is -2.38. The van der Waals surface area contributed by atoms with E-state index in [4.69, 9.17) is 0 Å². The van der Waals surface area contributed by atoms with Crippen molar-refractivity contribution in [3.63, 3.8) is 0 Å². The Morgan fingerprint density at radius 2 is 2.24 bits per heavy atom. The first-order valence-electron chi connectivity index (χ1n) is 6.17. The minimum Gasteiger partial charge on any atom is -0.384 e. The molecule has 2 heterocycles. The van der Waals surface area contributed by atoms with Crippen molar-refractivity contribution in [2.45, 2.75) is 18.4 Å². The number of nitrogens with zero attached hydrogens (tertiary/aromatic N) is 1. The first-order chi connectivity index (χ1) is 8.19. The second kappa shape index (κ2) is 3.86. The predicted octanol–water partition coefficient (Wildman–Crippen LogP) is 2.08. The highest BCUT2D eigenvalue weighted by Gasteiger charge is 2.34. The highest BCUT2D eigenvalue weighted by atomic mass is 16.3. The Bertz CT molecular complexity index is 534. The molecule has 0 spiro atoms. The molecule has 0 amide bonds. The summed E-state index contributed by atoms with van der Waals surface area (Å²) in [5.41, 5.74) is 1.46. The van der Waals surface area contributed by atoms with E-state index in [1.165, 1.54) is 0 Å². The molecule has 2 N–H and O–H groups in total. The van der Waals surface area contributed by atoms with Crippen LogP contribution in [-0.2, 0) is 5.60 Å². The molecule has 3 rings (SSSR count). The summed E-state index contributed by atoms with van der Waals surface area (Å²) in [7, 11) is 2.07. The second-order valence-electron chi connectivity index (χ2n) is 5.12. The number of fused-ring (bicyclic) bond motifs is 1. The zero-order chi connectivity index (χ0) is 11.9. The molecule has 3 heteroatoms. The van der Waals surface area contributed by atoms with Crippen LogP contribution < -0.4 is 0 Å². The molecule has 17 heavy (non-hydrogen) atoms. The summed E-state index contributed by atoms with van der Waals surface area (Å²) in [4.78, 5) is 5.41. The van der Waals surface area contributed by atoms with Crippen LogP contribution in [0.3, 0.4) is 0 Å². The van der Waals surface area contributed by atoms with Crippen LogP contribution in [0, 0.1) is 0 Å². The quantitative estimate of drug-likeness (QED) is 0.787. The van der Waals surface area contributed by atoms with Crippen molar-refractivity contribution < 1.29 is 5.11 Å². The molecule has 3 nitrogen and oxygen atoms in total. The Morgan fingerprint density at radius 1 is 1.35 bits per heavy atom. The third kappa shape index (κ3) is 1.75. The van der Waals surface area contributed by atoms with Crippen molar-refractivity contribution in [3.05, 3.63) is 36.0 Å². The van der Waals surface area contributed by atoms with Crippen LogP contribution in [0.15, 0.2) is 30.5 Å². The molecule has 2 aromatic rings. The van der Waals surface area contributed by atoms with Gasteiger partial charge in [-0.25, -0.2) is 0 Å². The maximum absolute atomic E-state index is 10.9. The number of nitrogens with one attached hydrogen (secondary N) is 1. The number of aromatic amines is 1. The molecule has 0 saturated carbocycles. The van der Waals surface area contributed by atoms with Gasteiger partial charge in [0.25, 0.3) is 0 Å². The number of H-pyrrole nitrogens is 1. The van der Waals surface area contributed by atoms with Gasteiger partial charge < -0.3 is 15.0 Å². The Balaban J connectivity index is 2.10. The fraction of sp³-hybridized carbons (Fsp3) is 0.429. The molecule has 1 aliphatic rings. The lowest BCUT2D eigenvalue weighted by Crippen LogP contribution is -2.44. The van der Waals surface area contributed by atoms with E-state index in [1.54, 1.807) is 0 Å². The van der Waals surface area contributed by atoms with Crippen LogP contribution in [0.4, 0.5) is 0 Å². The summed E-state index contributed by atoms with van der Waals surface area (Å²) in [6.45, 7) is 1.79. The van der Waals surface area contributed by atoms with E-state index in [9.17, 15) is 5.11 Å². The smallest absolute Gasteiger partial charge is 0.103 e. The monoisotopic (exact) mass is 230 g/mol. The topological polar surface area (TPSA) is 39.3 Å². The largest absolute Gasteiger partial charge is 0.384 e. The number of aliphatic hydroxyl groups is 1. The molecule has 0 aliphatic carbocycles. The fourth-order valence-electron chi connectivity index (χ4n) is 2.96. The zero-order valence-corrected chi connectivity index (χ0v) is 10.1. The number of benzene rings is 1. The van der Waals surface area contributed by atoms with Crippen LogP contribution in [0.5, 0.6) is 0 Å². The molecule has 0 radical (unpaired) electrons. The minimum atomic E-state index is -0.700. The third-order valence-electron chi connectivity index (χ3n) is 3.76. The molecule has 1 saturated heterocycles. The molecule has 1 aromatic heterocycles. The number of likely N-dealkylation sites (tertiary alicyclic amines) is 1. The molecular weight excluding hydrogens is 212 g/mol. The molecule has 1 fully saturated rings. The van der Waals surface area contributed by atoms with Crippen LogP contribution in [0.2, 0.25) is 0 Å². The second-order valence-corrected chi connectivity index (χ2v) is 5.12. The normalized spacial score (nSPS) is 26.5. The molecule has 90 valence electrons. The Morgan fingerprint density at radius 3 is 3.06 bits per heavy atom. The lowest BCUT2D eigenvalue weighted by atomic mass is 9.84. The number of aromatic nitrogens is 1. The number of piperidine rings is 1. The summed E-state index contributed by atoms with van der Waals surface area (Å²) in [5, 5.41) is 12.0. The number of hydrogen-bond donors (Lipinski definition) is 2. The molecule has 0 bridgehead atoms. The highest BCUT2D eigenvalue weighted by molar-refractivity contribution is 5.83. The summed E-state index contributed by atoms with van der Waals surface area (Å²) in [6, 6.07) is 8.17. The predicted molar refractivity (Wildman–Crippen MR) is 68.9 cm³/mol.